The van der Waals surface area contributed by atoms with Crippen LogP contribution < -0.4 is 0 Å². The molecule has 25 heavy (non-hydrogen) atoms. The molecule has 3 heteroatoms. The van der Waals surface area contributed by atoms with E-state index in [9.17, 15) is 10.3 Å². The zero-order valence-corrected chi connectivity index (χ0v) is 16.5. The standard InChI is InChI=1S/C22H35NO2/c1-5-11-22(20-14-19(24)10-7-17(20)3)12-13-23(25,15-18-8-9-18)16-21(22,4)6-2/h7,10,14,18,25H,5-6,8-9,11-13,15-16H2,1-4H3/p+1/t21-,22-,23?/m0/s1. The molecule has 1 heterocycles. The molecule has 1 aromatic rings. The number of hydrogen-bond donors (Lipinski definition) is 2. The van der Waals surface area contributed by atoms with Crippen molar-refractivity contribution in [1.29, 1.82) is 0 Å². The molecule has 1 saturated carbocycles. The molecule has 1 unspecified atom stereocenters. The van der Waals surface area contributed by atoms with Crippen LogP contribution in [-0.2, 0) is 5.41 Å². The SMILES string of the molecule is CCC[C@@]1(c2cc(O)ccc2C)CC[N+](O)(CC2CC2)C[C@]1(C)CC. The lowest BCUT2D eigenvalue weighted by molar-refractivity contribution is -1.11. The minimum absolute atomic E-state index is 0.0312. The summed E-state index contributed by atoms with van der Waals surface area (Å²) >= 11 is 0. The lowest BCUT2D eigenvalue weighted by Crippen LogP contribution is -2.64. The van der Waals surface area contributed by atoms with Gasteiger partial charge in [-0.3, -0.25) is 0 Å². The summed E-state index contributed by atoms with van der Waals surface area (Å²) < 4.78 is 0.248. The third-order valence-electron chi connectivity index (χ3n) is 7.24. The van der Waals surface area contributed by atoms with Gasteiger partial charge >= 0.3 is 0 Å². The van der Waals surface area contributed by atoms with Crippen molar-refractivity contribution in [2.75, 3.05) is 19.6 Å². The Kier molecular flexibility index (Phi) is 4.93. The zero-order chi connectivity index (χ0) is 18.3. The van der Waals surface area contributed by atoms with E-state index >= 15 is 0 Å². The van der Waals surface area contributed by atoms with E-state index < -0.39 is 0 Å². The van der Waals surface area contributed by atoms with Crippen LogP contribution in [-0.4, -0.2) is 34.6 Å². The Balaban J connectivity index is 2.03. The van der Waals surface area contributed by atoms with Crippen LogP contribution in [0.15, 0.2) is 18.2 Å². The molecule has 3 rings (SSSR count). The average Bonchev–Trinajstić information content (AvgIpc) is 3.36. The molecule has 0 bridgehead atoms. The predicted octanol–water partition coefficient (Wildman–Crippen LogP) is 5.17. The van der Waals surface area contributed by atoms with Gasteiger partial charge in [0.15, 0.2) is 0 Å². The van der Waals surface area contributed by atoms with Gasteiger partial charge in [-0.2, -0.15) is 4.65 Å². The molecule has 1 aromatic carbocycles. The number of quaternary nitrogens is 1. The number of phenols is 1. The van der Waals surface area contributed by atoms with Crippen molar-refractivity contribution in [1.82, 2.24) is 0 Å². The molecule has 140 valence electrons. The topological polar surface area (TPSA) is 40.5 Å². The third kappa shape index (κ3) is 3.33. The Morgan fingerprint density at radius 1 is 1.24 bits per heavy atom. The van der Waals surface area contributed by atoms with E-state index in [4.69, 9.17) is 0 Å². The Morgan fingerprint density at radius 2 is 1.96 bits per heavy atom. The molecule has 0 aromatic heterocycles. The highest BCUT2D eigenvalue weighted by Crippen LogP contribution is 2.55. The fraction of sp³-hybridized carbons (Fsp3) is 0.727. The maximum absolute atomic E-state index is 11.3. The molecule has 1 aliphatic heterocycles. The van der Waals surface area contributed by atoms with E-state index in [2.05, 4.69) is 33.8 Å². The van der Waals surface area contributed by atoms with Crippen molar-refractivity contribution in [3.8, 4) is 5.75 Å². The molecule has 1 aliphatic carbocycles. The van der Waals surface area contributed by atoms with Gasteiger partial charge in [-0.25, -0.2) is 5.21 Å². The molecule has 2 fully saturated rings. The number of piperidine rings is 1. The Morgan fingerprint density at radius 3 is 2.56 bits per heavy atom. The minimum Gasteiger partial charge on any atom is -0.508 e. The van der Waals surface area contributed by atoms with Crippen LogP contribution in [0, 0.1) is 18.3 Å². The van der Waals surface area contributed by atoms with Gasteiger partial charge in [0.05, 0.1) is 0 Å². The van der Waals surface area contributed by atoms with Crippen molar-refractivity contribution in [2.45, 2.75) is 71.6 Å². The molecule has 0 spiro atoms. The summed E-state index contributed by atoms with van der Waals surface area (Å²) in [6.07, 6.45) is 6.86. The van der Waals surface area contributed by atoms with Crippen molar-refractivity contribution >= 4 is 0 Å². The smallest absolute Gasteiger partial charge is 0.115 e. The summed E-state index contributed by atoms with van der Waals surface area (Å²) in [5, 5.41) is 21.5. The van der Waals surface area contributed by atoms with Gasteiger partial charge in [-0.1, -0.05) is 33.3 Å². The molecule has 2 aliphatic rings. The summed E-state index contributed by atoms with van der Waals surface area (Å²) in [4.78, 5) is 0. The second kappa shape index (κ2) is 6.59. The fourth-order valence-corrected chi connectivity index (χ4v) is 5.54. The number of aromatic hydroxyl groups is 1. The maximum Gasteiger partial charge on any atom is 0.115 e. The highest BCUT2D eigenvalue weighted by atomic mass is 16.5. The second-order valence-electron chi connectivity index (χ2n) is 9.10. The van der Waals surface area contributed by atoms with Crippen molar-refractivity contribution in [2.24, 2.45) is 11.3 Å². The summed E-state index contributed by atoms with van der Waals surface area (Å²) in [6.45, 7) is 11.7. The lowest BCUT2D eigenvalue weighted by atomic mass is 9.53. The summed E-state index contributed by atoms with van der Waals surface area (Å²) in [5.74, 6) is 1.09. The van der Waals surface area contributed by atoms with Crippen LogP contribution in [0.3, 0.4) is 0 Å². The van der Waals surface area contributed by atoms with Crippen molar-refractivity contribution in [3.05, 3.63) is 29.3 Å². The molecule has 2 N–H and O–H groups in total. The van der Waals surface area contributed by atoms with E-state index in [-0.39, 0.29) is 15.5 Å². The predicted molar refractivity (Wildman–Crippen MR) is 102 cm³/mol. The number of nitrogens with zero attached hydrogens (tertiary/aromatic N) is 1. The second-order valence-corrected chi connectivity index (χ2v) is 9.10. The third-order valence-corrected chi connectivity index (χ3v) is 7.24. The van der Waals surface area contributed by atoms with E-state index in [1.54, 1.807) is 6.07 Å². The van der Waals surface area contributed by atoms with Gasteiger partial charge in [0.2, 0.25) is 0 Å². The normalized spacial score (nSPS) is 35.7. The van der Waals surface area contributed by atoms with Crippen molar-refractivity contribution < 1.29 is 15.0 Å². The molecular weight excluding hydrogens is 310 g/mol. The first-order valence-electron chi connectivity index (χ1n) is 10.2. The first-order chi connectivity index (χ1) is 11.8. The molecule has 1 saturated heterocycles. The number of hydrogen-bond acceptors (Lipinski definition) is 2. The van der Waals surface area contributed by atoms with Gasteiger partial charge in [-0.05, 0) is 55.9 Å². The molecule has 0 radical (unpaired) electrons. The van der Waals surface area contributed by atoms with E-state index in [1.165, 1.54) is 24.0 Å². The Hall–Kier alpha value is -1.06. The highest BCUT2D eigenvalue weighted by molar-refractivity contribution is 5.41. The highest BCUT2D eigenvalue weighted by Gasteiger charge is 2.58. The molecule has 3 atom stereocenters. The fourth-order valence-electron chi connectivity index (χ4n) is 5.54. The first kappa shape index (κ1) is 18.7. The van der Waals surface area contributed by atoms with Crippen LogP contribution in [0.1, 0.15) is 70.4 Å². The number of likely N-dealkylation sites (tertiary alicyclic amines) is 1. The van der Waals surface area contributed by atoms with Crippen molar-refractivity contribution in [3.63, 3.8) is 0 Å². The maximum atomic E-state index is 11.3. The van der Waals surface area contributed by atoms with Crippen LogP contribution in [0.25, 0.3) is 0 Å². The number of hydroxylamine groups is 3. The van der Waals surface area contributed by atoms with Gasteiger partial charge < -0.3 is 5.11 Å². The summed E-state index contributed by atoms with van der Waals surface area (Å²) in [5.41, 5.74) is 2.64. The van der Waals surface area contributed by atoms with Gasteiger partial charge in [0.25, 0.3) is 0 Å². The van der Waals surface area contributed by atoms with E-state index in [0.29, 0.717) is 5.75 Å². The Bertz CT molecular complexity index is 626. The quantitative estimate of drug-likeness (QED) is 0.697. The van der Waals surface area contributed by atoms with Gasteiger partial charge in [0, 0.05) is 23.2 Å². The monoisotopic (exact) mass is 346 g/mol. The summed E-state index contributed by atoms with van der Waals surface area (Å²) in [7, 11) is 0. The molecular formula is C22H36NO2+. The first-order valence-corrected chi connectivity index (χ1v) is 10.2. The van der Waals surface area contributed by atoms with E-state index in [1.807, 2.05) is 6.07 Å². The van der Waals surface area contributed by atoms with E-state index in [0.717, 1.165) is 51.2 Å². The molecule has 0 amide bonds. The lowest BCUT2D eigenvalue weighted by Gasteiger charge is -2.56. The van der Waals surface area contributed by atoms with Crippen LogP contribution in [0.5, 0.6) is 5.75 Å². The van der Waals surface area contributed by atoms with Crippen LogP contribution in [0.4, 0.5) is 0 Å². The number of rotatable bonds is 6. The summed E-state index contributed by atoms with van der Waals surface area (Å²) in [6, 6.07) is 5.85. The number of aryl methyl sites for hydroxylation is 1. The van der Waals surface area contributed by atoms with Gasteiger partial charge in [-0.15, -0.1) is 0 Å². The Labute approximate surface area is 153 Å². The zero-order valence-electron chi connectivity index (χ0n) is 16.5. The largest absolute Gasteiger partial charge is 0.508 e. The minimum atomic E-state index is 0.0312. The van der Waals surface area contributed by atoms with Gasteiger partial charge in [0.1, 0.15) is 25.4 Å². The number of phenolic OH excluding ortho intramolecular Hbond substituents is 1. The number of benzene rings is 1. The average molecular weight is 347 g/mol. The molecule has 3 nitrogen and oxygen atoms in total. The van der Waals surface area contributed by atoms with Crippen LogP contribution >= 0.6 is 0 Å². The van der Waals surface area contributed by atoms with Crippen LogP contribution in [0.2, 0.25) is 0 Å².